The molecule has 0 saturated heterocycles. The van der Waals surface area contributed by atoms with Crippen LogP contribution < -0.4 is 0 Å². The summed E-state index contributed by atoms with van der Waals surface area (Å²) in [7, 11) is 0. The molecular weight excluding hydrogens is 981 g/mol. The van der Waals surface area contributed by atoms with E-state index in [-0.39, 0.29) is 5.91 Å². The quantitative estimate of drug-likeness (QED) is 0.0449. The SMILES string of the molecule is CCCCCCCCCCCCC(CCCCCCCCCC)CN1C(=O)C2=C(c3cc4sccc4s3)N(CC(CCCCCCCCCC)CCCCCCCCCCCC)C(O)C2=C1c1cc2sccc2s1. The molecule has 6 heterocycles. The summed E-state index contributed by atoms with van der Waals surface area (Å²) in [5.41, 5.74) is 3.73. The molecule has 1 N–H and O–H groups in total. The Morgan fingerprint density at radius 3 is 1.11 bits per heavy atom. The standard InChI is InChI=1S/C66H106N2O2S4/c1-5-9-13-17-21-25-27-31-35-39-43-53(41-37-33-29-23-19-15-11-7-3)51-67-63(59-49-57-55(73-59)45-47-71-57)61-62(65(67)69)64(60-50-58-56(74-60)46-48-72-58)68(66(61)70)52-54(42-38-34-30-24-20-16-12-8-4)44-40-36-32-28-26-22-18-14-10-6-2/h45-50,53-54,65,69H,5-44,51-52H2,1-4H3. The van der Waals surface area contributed by atoms with Crippen LogP contribution >= 0.6 is 45.3 Å². The molecule has 8 heteroatoms. The number of rotatable bonds is 46. The number of carbonyl (C=O) groups excluding carboxylic acids is 1. The van der Waals surface area contributed by atoms with E-state index in [1.54, 1.807) is 22.7 Å². The van der Waals surface area contributed by atoms with Gasteiger partial charge in [0.2, 0.25) is 0 Å². The molecule has 2 aliphatic rings. The summed E-state index contributed by atoms with van der Waals surface area (Å²) in [6.07, 6.45) is 52.2. The maximum Gasteiger partial charge on any atom is 0.261 e. The Morgan fingerprint density at radius 1 is 0.432 bits per heavy atom. The lowest BCUT2D eigenvalue weighted by molar-refractivity contribution is -0.123. The first-order valence-electron chi connectivity index (χ1n) is 31.7. The Bertz CT molecular complexity index is 2110. The van der Waals surface area contributed by atoms with Gasteiger partial charge in [0.15, 0.2) is 6.23 Å². The molecule has 4 aromatic rings. The lowest BCUT2D eigenvalue weighted by Crippen LogP contribution is -2.36. The van der Waals surface area contributed by atoms with Crippen molar-refractivity contribution in [2.75, 3.05) is 13.1 Å². The van der Waals surface area contributed by atoms with E-state index in [0.717, 1.165) is 45.4 Å². The molecule has 3 atom stereocenters. The number of carbonyl (C=O) groups is 1. The van der Waals surface area contributed by atoms with E-state index >= 15 is 4.79 Å². The number of thiophene rings is 4. The summed E-state index contributed by atoms with van der Waals surface area (Å²) in [4.78, 5) is 22.7. The van der Waals surface area contributed by atoms with Crippen LogP contribution in [-0.4, -0.2) is 40.1 Å². The second-order valence-corrected chi connectivity index (χ2v) is 27.2. The van der Waals surface area contributed by atoms with Crippen molar-refractivity contribution in [3.8, 4) is 0 Å². The van der Waals surface area contributed by atoms with Crippen LogP contribution in [0.25, 0.3) is 30.2 Å². The van der Waals surface area contributed by atoms with Crippen LogP contribution in [0.15, 0.2) is 46.2 Å². The lowest BCUT2D eigenvalue weighted by atomic mass is 9.93. The van der Waals surface area contributed by atoms with Gasteiger partial charge in [-0.2, -0.15) is 0 Å². The molecular formula is C66H106N2O2S4. The van der Waals surface area contributed by atoms with Gasteiger partial charge >= 0.3 is 0 Å². The van der Waals surface area contributed by atoms with Gasteiger partial charge in [-0.25, -0.2) is 0 Å². The van der Waals surface area contributed by atoms with E-state index in [0.29, 0.717) is 11.8 Å². The molecule has 2 aliphatic heterocycles. The second-order valence-electron chi connectivity index (χ2n) is 23.1. The predicted molar refractivity (Wildman–Crippen MR) is 332 cm³/mol. The number of nitrogens with zero attached hydrogens (tertiary/aromatic N) is 2. The number of fused-ring (bicyclic) bond motifs is 3. The first kappa shape index (κ1) is 61.2. The highest BCUT2D eigenvalue weighted by molar-refractivity contribution is 7.28. The highest BCUT2D eigenvalue weighted by Crippen LogP contribution is 2.53. The van der Waals surface area contributed by atoms with Crippen molar-refractivity contribution in [1.29, 1.82) is 0 Å². The van der Waals surface area contributed by atoms with Crippen molar-refractivity contribution in [2.45, 2.75) is 291 Å². The van der Waals surface area contributed by atoms with Crippen molar-refractivity contribution >= 4 is 81.4 Å². The maximum absolute atomic E-state index is 15.8. The molecule has 4 nitrogen and oxygen atoms in total. The van der Waals surface area contributed by atoms with Gasteiger partial charge in [-0.15, -0.1) is 45.3 Å². The Labute approximate surface area is 469 Å². The highest BCUT2D eigenvalue weighted by atomic mass is 32.1. The molecule has 3 unspecified atom stereocenters. The van der Waals surface area contributed by atoms with Gasteiger partial charge in [0.05, 0.1) is 26.7 Å². The minimum absolute atomic E-state index is 0.137. The van der Waals surface area contributed by atoms with Crippen LogP contribution in [0.2, 0.25) is 0 Å². The third kappa shape index (κ3) is 19.7. The van der Waals surface area contributed by atoms with E-state index in [2.05, 4.69) is 72.5 Å². The normalized spacial score (nSPS) is 15.9. The molecule has 0 fully saturated rings. The minimum atomic E-state index is -0.842. The number of aliphatic hydroxyl groups excluding tert-OH is 1. The van der Waals surface area contributed by atoms with Gasteiger partial charge in [-0.3, -0.25) is 4.79 Å². The number of hydrogen-bond acceptors (Lipinski definition) is 7. The van der Waals surface area contributed by atoms with Crippen LogP contribution in [0.4, 0.5) is 0 Å². The zero-order valence-electron chi connectivity index (χ0n) is 47.8. The van der Waals surface area contributed by atoms with Crippen molar-refractivity contribution < 1.29 is 9.90 Å². The van der Waals surface area contributed by atoms with E-state index in [1.165, 1.54) is 276 Å². The molecule has 0 saturated carbocycles. The second kappa shape index (κ2) is 36.2. The van der Waals surface area contributed by atoms with Crippen LogP contribution in [0, 0.1) is 11.8 Å². The maximum atomic E-state index is 15.8. The molecule has 0 spiro atoms. The summed E-state index contributed by atoms with van der Waals surface area (Å²) >= 11 is 7.25. The van der Waals surface area contributed by atoms with Crippen LogP contribution in [-0.2, 0) is 4.79 Å². The third-order valence-electron chi connectivity index (χ3n) is 16.8. The fourth-order valence-corrected chi connectivity index (χ4v) is 16.7. The first-order chi connectivity index (χ1) is 36.5. The summed E-state index contributed by atoms with van der Waals surface area (Å²) in [6.45, 7) is 10.8. The summed E-state index contributed by atoms with van der Waals surface area (Å²) in [5, 5.41) is 17.6. The van der Waals surface area contributed by atoms with Crippen molar-refractivity contribution in [3.05, 3.63) is 55.9 Å². The molecule has 0 aliphatic carbocycles. The van der Waals surface area contributed by atoms with Gasteiger partial charge in [0.1, 0.15) is 0 Å². The average Bonchev–Trinajstić information content (AvgIpc) is 4.29. The number of unbranched alkanes of at least 4 members (excludes halogenated alkanes) is 32. The third-order valence-corrected chi connectivity index (χ3v) is 21.0. The van der Waals surface area contributed by atoms with Crippen LogP contribution in [0.1, 0.15) is 294 Å². The Kier molecular flexibility index (Phi) is 30.0. The van der Waals surface area contributed by atoms with Gasteiger partial charge in [0.25, 0.3) is 5.91 Å². The van der Waals surface area contributed by atoms with E-state index < -0.39 is 6.23 Å². The van der Waals surface area contributed by atoms with Gasteiger partial charge in [-0.1, -0.05) is 259 Å². The molecule has 1 amide bonds. The predicted octanol–water partition coefficient (Wildman–Crippen LogP) is 22.8. The highest BCUT2D eigenvalue weighted by Gasteiger charge is 2.50. The van der Waals surface area contributed by atoms with E-state index in [4.69, 9.17) is 0 Å². The van der Waals surface area contributed by atoms with Crippen molar-refractivity contribution in [3.63, 3.8) is 0 Å². The van der Waals surface area contributed by atoms with Crippen molar-refractivity contribution in [2.24, 2.45) is 11.8 Å². The largest absolute Gasteiger partial charge is 0.369 e. The van der Waals surface area contributed by atoms with Gasteiger partial charge in [0, 0.05) is 37.5 Å². The fraction of sp³-hybridized carbons (Fsp3) is 0.742. The molecule has 0 radical (unpaired) electrons. The molecule has 0 bridgehead atoms. The molecule has 4 aromatic heterocycles. The van der Waals surface area contributed by atoms with Gasteiger partial charge in [-0.05, 0) is 72.5 Å². The topological polar surface area (TPSA) is 43.8 Å². The van der Waals surface area contributed by atoms with Crippen molar-refractivity contribution in [1.82, 2.24) is 9.80 Å². The Morgan fingerprint density at radius 2 is 0.757 bits per heavy atom. The number of aliphatic hydroxyl groups is 1. The monoisotopic (exact) mass is 1090 g/mol. The molecule has 0 aromatic carbocycles. The Balaban J connectivity index is 1.25. The average molecular weight is 1090 g/mol. The Hall–Kier alpha value is -1.97. The molecule has 6 rings (SSSR count). The summed E-state index contributed by atoms with van der Waals surface area (Å²) < 4.78 is 5.14. The summed E-state index contributed by atoms with van der Waals surface area (Å²) in [5.74, 6) is 1.07. The molecule has 74 heavy (non-hydrogen) atoms. The fourth-order valence-electron chi connectivity index (χ4n) is 12.3. The zero-order chi connectivity index (χ0) is 52.0. The van der Waals surface area contributed by atoms with E-state index in [9.17, 15) is 5.11 Å². The summed E-state index contributed by atoms with van der Waals surface area (Å²) in [6, 6.07) is 9.19. The number of hydrogen-bond donors (Lipinski definition) is 1. The smallest absolute Gasteiger partial charge is 0.261 e. The zero-order valence-corrected chi connectivity index (χ0v) is 51.0. The first-order valence-corrected chi connectivity index (χ1v) is 35.1. The van der Waals surface area contributed by atoms with E-state index in [1.807, 2.05) is 22.7 Å². The van der Waals surface area contributed by atoms with Crippen LogP contribution in [0.5, 0.6) is 0 Å². The van der Waals surface area contributed by atoms with Crippen LogP contribution in [0.3, 0.4) is 0 Å². The van der Waals surface area contributed by atoms with Gasteiger partial charge < -0.3 is 14.9 Å². The minimum Gasteiger partial charge on any atom is -0.369 e. The lowest BCUT2D eigenvalue weighted by Gasteiger charge is -2.33. The molecule has 416 valence electrons. The number of amides is 1.